The van der Waals surface area contributed by atoms with Crippen LogP contribution in [0.4, 0.5) is 0 Å². The zero-order valence-electron chi connectivity index (χ0n) is 8.61. The summed E-state index contributed by atoms with van der Waals surface area (Å²) in [6, 6.07) is 0. The van der Waals surface area contributed by atoms with Gasteiger partial charge in [0, 0.05) is 6.61 Å². The Labute approximate surface area is 85.9 Å². The Morgan fingerprint density at radius 3 is 2.57 bits per heavy atom. The highest BCUT2D eigenvalue weighted by Gasteiger charge is 2.22. The molecule has 1 atom stereocenters. The van der Waals surface area contributed by atoms with Gasteiger partial charge in [-0.3, -0.25) is 0 Å². The molecule has 2 N–H and O–H groups in total. The molecule has 0 bridgehead atoms. The molecule has 1 aliphatic carbocycles. The van der Waals surface area contributed by atoms with Gasteiger partial charge in [0.15, 0.2) is 0 Å². The average molecular weight is 221 g/mol. The van der Waals surface area contributed by atoms with Crippen molar-refractivity contribution >= 4 is 10.0 Å². The van der Waals surface area contributed by atoms with Crippen molar-refractivity contribution in [3.8, 4) is 0 Å². The van der Waals surface area contributed by atoms with Crippen LogP contribution in [0.2, 0.25) is 0 Å². The van der Waals surface area contributed by atoms with Crippen LogP contribution in [0, 0.1) is 11.8 Å². The average Bonchev–Trinajstić information content (AvgIpc) is 2.84. The predicted octanol–water partition coefficient (Wildman–Crippen LogP) is 0.728. The van der Waals surface area contributed by atoms with Crippen LogP contribution in [0.1, 0.15) is 26.2 Å². The minimum absolute atomic E-state index is 0.0359. The molecular formula is C9H19NO3S. The van der Waals surface area contributed by atoms with E-state index >= 15 is 0 Å². The maximum Gasteiger partial charge on any atom is 0.209 e. The number of rotatable bonds is 7. The van der Waals surface area contributed by atoms with Crippen molar-refractivity contribution in [2.45, 2.75) is 26.2 Å². The van der Waals surface area contributed by atoms with Crippen LogP contribution in [0.5, 0.6) is 0 Å². The van der Waals surface area contributed by atoms with Crippen molar-refractivity contribution in [1.29, 1.82) is 0 Å². The maximum atomic E-state index is 10.8. The third kappa shape index (κ3) is 5.57. The molecule has 5 heteroatoms. The lowest BCUT2D eigenvalue weighted by Gasteiger charge is -2.13. The van der Waals surface area contributed by atoms with E-state index in [1.807, 2.05) is 6.92 Å². The molecule has 0 amide bonds. The largest absolute Gasteiger partial charge is 0.381 e. The van der Waals surface area contributed by atoms with Gasteiger partial charge in [-0.25, -0.2) is 13.6 Å². The van der Waals surface area contributed by atoms with Crippen molar-refractivity contribution in [3.63, 3.8) is 0 Å². The van der Waals surface area contributed by atoms with E-state index in [-0.39, 0.29) is 11.7 Å². The molecule has 14 heavy (non-hydrogen) atoms. The lowest BCUT2D eigenvalue weighted by atomic mass is 10.1. The third-order valence-corrected chi connectivity index (χ3v) is 3.39. The zero-order valence-corrected chi connectivity index (χ0v) is 9.42. The normalized spacial score (nSPS) is 19.6. The maximum absolute atomic E-state index is 10.8. The Balaban J connectivity index is 2.16. The lowest BCUT2D eigenvalue weighted by Crippen LogP contribution is -2.25. The lowest BCUT2D eigenvalue weighted by molar-refractivity contribution is 0.0960. The van der Waals surface area contributed by atoms with E-state index in [0.29, 0.717) is 6.61 Å². The van der Waals surface area contributed by atoms with Gasteiger partial charge >= 0.3 is 0 Å². The number of ether oxygens (including phenoxy) is 1. The summed E-state index contributed by atoms with van der Waals surface area (Å²) in [6.45, 7) is 3.25. The number of primary sulfonamides is 1. The fourth-order valence-corrected chi connectivity index (χ4v) is 2.29. The van der Waals surface area contributed by atoms with Crippen molar-refractivity contribution in [2.24, 2.45) is 17.0 Å². The fraction of sp³-hybridized carbons (Fsp3) is 1.00. The van der Waals surface area contributed by atoms with Gasteiger partial charge in [-0.15, -0.1) is 0 Å². The standard InChI is InChI=1S/C9H19NO3S/c1-2-8(7-14(10,11)12)5-13-6-9-3-4-9/h8-9H,2-7H2,1H3,(H2,10,11,12). The molecule has 0 aliphatic heterocycles. The second kappa shape index (κ2) is 5.09. The van der Waals surface area contributed by atoms with Crippen LogP contribution in [0.15, 0.2) is 0 Å². The summed E-state index contributed by atoms with van der Waals surface area (Å²) in [5.41, 5.74) is 0. The van der Waals surface area contributed by atoms with Crippen molar-refractivity contribution in [3.05, 3.63) is 0 Å². The highest BCUT2D eigenvalue weighted by atomic mass is 32.2. The van der Waals surface area contributed by atoms with Crippen LogP contribution in [-0.2, 0) is 14.8 Å². The van der Waals surface area contributed by atoms with Gasteiger partial charge in [-0.2, -0.15) is 0 Å². The summed E-state index contributed by atoms with van der Waals surface area (Å²) < 4.78 is 27.1. The quantitative estimate of drug-likeness (QED) is 0.689. The van der Waals surface area contributed by atoms with Crippen LogP contribution < -0.4 is 5.14 Å². The molecular weight excluding hydrogens is 202 g/mol. The first-order valence-electron chi connectivity index (χ1n) is 5.09. The molecule has 1 aliphatic rings. The Hall–Kier alpha value is -0.130. The number of nitrogens with two attached hydrogens (primary N) is 1. The van der Waals surface area contributed by atoms with Crippen molar-refractivity contribution in [1.82, 2.24) is 0 Å². The Kier molecular flexibility index (Phi) is 4.34. The van der Waals surface area contributed by atoms with E-state index < -0.39 is 10.0 Å². The van der Waals surface area contributed by atoms with E-state index in [4.69, 9.17) is 9.88 Å². The first-order chi connectivity index (χ1) is 6.51. The highest BCUT2D eigenvalue weighted by Crippen LogP contribution is 2.28. The Bertz CT molecular complexity index is 259. The van der Waals surface area contributed by atoms with Crippen molar-refractivity contribution < 1.29 is 13.2 Å². The zero-order chi connectivity index (χ0) is 10.6. The second-order valence-electron chi connectivity index (χ2n) is 4.08. The Morgan fingerprint density at radius 1 is 1.50 bits per heavy atom. The minimum Gasteiger partial charge on any atom is -0.381 e. The van der Waals surface area contributed by atoms with Crippen LogP contribution >= 0.6 is 0 Å². The summed E-state index contributed by atoms with van der Waals surface area (Å²) in [5.74, 6) is 0.805. The molecule has 4 nitrogen and oxygen atoms in total. The van der Waals surface area contributed by atoms with E-state index in [1.54, 1.807) is 0 Å². The molecule has 0 aromatic rings. The highest BCUT2D eigenvalue weighted by molar-refractivity contribution is 7.89. The van der Waals surface area contributed by atoms with Crippen molar-refractivity contribution in [2.75, 3.05) is 19.0 Å². The minimum atomic E-state index is -3.35. The molecule has 0 aromatic heterocycles. The van der Waals surface area contributed by atoms with Gasteiger partial charge in [-0.05, 0) is 24.7 Å². The molecule has 0 heterocycles. The predicted molar refractivity (Wildman–Crippen MR) is 55.3 cm³/mol. The molecule has 0 radical (unpaired) electrons. The molecule has 0 aromatic carbocycles. The van der Waals surface area contributed by atoms with Gasteiger partial charge in [0.25, 0.3) is 0 Å². The summed E-state index contributed by atoms with van der Waals surface area (Å²) in [7, 11) is -3.35. The third-order valence-electron chi connectivity index (χ3n) is 2.45. The van der Waals surface area contributed by atoms with E-state index in [9.17, 15) is 8.42 Å². The molecule has 1 fully saturated rings. The molecule has 0 spiro atoms. The number of hydrogen-bond donors (Lipinski definition) is 1. The van der Waals surface area contributed by atoms with E-state index in [1.165, 1.54) is 12.8 Å². The van der Waals surface area contributed by atoms with Gasteiger partial charge < -0.3 is 4.74 Å². The van der Waals surface area contributed by atoms with Gasteiger partial charge in [-0.1, -0.05) is 13.3 Å². The molecule has 1 saturated carbocycles. The molecule has 1 unspecified atom stereocenters. The summed E-state index contributed by atoms with van der Waals surface area (Å²) in [4.78, 5) is 0. The van der Waals surface area contributed by atoms with Crippen LogP contribution in [-0.4, -0.2) is 27.4 Å². The monoisotopic (exact) mass is 221 g/mol. The summed E-state index contributed by atoms with van der Waals surface area (Å²) in [6.07, 6.45) is 3.30. The van der Waals surface area contributed by atoms with Crippen LogP contribution in [0.25, 0.3) is 0 Å². The summed E-state index contributed by atoms with van der Waals surface area (Å²) in [5, 5.41) is 4.97. The summed E-state index contributed by atoms with van der Waals surface area (Å²) >= 11 is 0. The fourth-order valence-electron chi connectivity index (χ4n) is 1.30. The number of hydrogen-bond acceptors (Lipinski definition) is 3. The van der Waals surface area contributed by atoms with Gasteiger partial charge in [0.2, 0.25) is 10.0 Å². The van der Waals surface area contributed by atoms with Gasteiger partial charge in [0.1, 0.15) is 0 Å². The van der Waals surface area contributed by atoms with E-state index in [0.717, 1.165) is 18.9 Å². The molecule has 0 saturated heterocycles. The molecule has 1 rings (SSSR count). The topological polar surface area (TPSA) is 69.4 Å². The van der Waals surface area contributed by atoms with Crippen LogP contribution in [0.3, 0.4) is 0 Å². The van der Waals surface area contributed by atoms with Gasteiger partial charge in [0.05, 0.1) is 12.4 Å². The second-order valence-corrected chi connectivity index (χ2v) is 5.74. The molecule has 84 valence electrons. The smallest absolute Gasteiger partial charge is 0.209 e. The Morgan fingerprint density at radius 2 is 2.14 bits per heavy atom. The SMILES string of the molecule is CCC(COCC1CC1)CS(N)(=O)=O. The number of sulfonamides is 1. The first kappa shape index (κ1) is 11.9. The first-order valence-corrected chi connectivity index (χ1v) is 6.81. The van der Waals surface area contributed by atoms with E-state index in [2.05, 4.69) is 0 Å².